The third-order valence-corrected chi connectivity index (χ3v) is 2.45. The summed E-state index contributed by atoms with van der Waals surface area (Å²) in [5, 5.41) is 0. The molecule has 0 spiro atoms. The van der Waals surface area contributed by atoms with E-state index >= 15 is 0 Å². The Balaban J connectivity index is 2.94. The molecule has 0 saturated heterocycles. The van der Waals surface area contributed by atoms with E-state index in [1.165, 1.54) is 30.4 Å². The van der Waals surface area contributed by atoms with Crippen LogP contribution in [0.1, 0.15) is 26.2 Å². The lowest BCUT2D eigenvalue weighted by atomic mass is 9.84. The Kier molecular flexibility index (Phi) is 2.70. The predicted octanol–water partition coefficient (Wildman–Crippen LogP) is 3.48. The zero-order valence-electron chi connectivity index (χ0n) is 7.27. The van der Waals surface area contributed by atoms with E-state index in [9.17, 15) is 0 Å². The number of hydrogen-bond donors (Lipinski definition) is 0. The average molecular weight is 148 g/mol. The topological polar surface area (TPSA) is 0 Å². The second-order valence-electron chi connectivity index (χ2n) is 3.18. The predicted molar refractivity (Wildman–Crippen MR) is 50.4 cm³/mol. The van der Waals surface area contributed by atoms with Gasteiger partial charge in [-0.1, -0.05) is 32.2 Å². The van der Waals surface area contributed by atoms with Crippen LogP contribution in [0.25, 0.3) is 0 Å². The fraction of sp³-hybridized carbons (Fsp3) is 0.455. The second kappa shape index (κ2) is 3.56. The van der Waals surface area contributed by atoms with E-state index < -0.39 is 0 Å². The summed E-state index contributed by atoms with van der Waals surface area (Å²) in [5.41, 5.74) is 2.81. The monoisotopic (exact) mass is 148 g/mol. The molecule has 1 atom stereocenters. The van der Waals surface area contributed by atoms with Crippen molar-refractivity contribution < 1.29 is 0 Å². The molecule has 0 radical (unpaired) electrons. The van der Waals surface area contributed by atoms with Crippen LogP contribution in [0.3, 0.4) is 0 Å². The van der Waals surface area contributed by atoms with Crippen LogP contribution in [0.15, 0.2) is 36.5 Å². The van der Waals surface area contributed by atoms with Crippen LogP contribution < -0.4 is 0 Å². The Bertz CT molecular complexity index is 196. The second-order valence-corrected chi connectivity index (χ2v) is 3.18. The lowest BCUT2D eigenvalue weighted by Crippen LogP contribution is -2.06. The van der Waals surface area contributed by atoms with E-state index in [4.69, 9.17) is 0 Å². The standard InChI is InChI=1S/C11H16/c1-4-10-8-6-7-9(3)11(10)5-2/h4-5,9H,1-2,6-8H2,3H3/t9-/m0/s1. The summed E-state index contributed by atoms with van der Waals surface area (Å²) < 4.78 is 0. The highest BCUT2D eigenvalue weighted by molar-refractivity contribution is 5.34. The largest absolute Gasteiger partial charge is 0.0988 e. The molecule has 1 aliphatic rings. The Hall–Kier alpha value is -0.780. The van der Waals surface area contributed by atoms with Gasteiger partial charge >= 0.3 is 0 Å². The van der Waals surface area contributed by atoms with Gasteiger partial charge in [0, 0.05) is 0 Å². The maximum Gasteiger partial charge on any atom is -0.0188 e. The van der Waals surface area contributed by atoms with Gasteiger partial charge in [-0.25, -0.2) is 0 Å². The molecule has 0 bridgehead atoms. The van der Waals surface area contributed by atoms with Crippen molar-refractivity contribution in [1.82, 2.24) is 0 Å². The molecule has 0 aromatic heterocycles. The molecule has 0 N–H and O–H groups in total. The van der Waals surface area contributed by atoms with E-state index in [2.05, 4.69) is 20.1 Å². The number of hydrogen-bond acceptors (Lipinski definition) is 0. The van der Waals surface area contributed by atoms with Crippen LogP contribution in [0, 0.1) is 5.92 Å². The molecule has 0 unspecified atom stereocenters. The first kappa shape index (κ1) is 8.32. The average Bonchev–Trinajstić information content (AvgIpc) is 2.04. The fourth-order valence-electron chi connectivity index (χ4n) is 1.77. The van der Waals surface area contributed by atoms with Gasteiger partial charge in [-0.3, -0.25) is 0 Å². The normalized spacial score (nSPS) is 25.0. The SMILES string of the molecule is C=CC1=C(C=C)[C@@H](C)CCC1. The van der Waals surface area contributed by atoms with Crippen molar-refractivity contribution in [2.24, 2.45) is 5.92 Å². The van der Waals surface area contributed by atoms with Crippen LogP contribution >= 0.6 is 0 Å². The molecule has 0 heterocycles. The van der Waals surface area contributed by atoms with Gasteiger partial charge in [0.15, 0.2) is 0 Å². The van der Waals surface area contributed by atoms with Crippen molar-refractivity contribution in [1.29, 1.82) is 0 Å². The first-order chi connectivity index (χ1) is 5.29. The van der Waals surface area contributed by atoms with Crippen LogP contribution in [0.2, 0.25) is 0 Å². The van der Waals surface area contributed by atoms with Crippen molar-refractivity contribution >= 4 is 0 Å². The minimum Gasteiger partial charge on any atom is -0.0988 e. The first-order valence-electron chi connectivity index (χ1n) is 4.27. The molecular formula is C11H16. The summed E-state index contributed by atoms with van der Waals surface area (Å²) in [6.07, 6.45) is 7.77. The Morgan fingerprint density at radius 3 is 2.55 bits per heavy atom. The summed E-state index contributed by atoms with van der Waals surface area (Å²) in [6.45, 7) is 9.90. The molecule has 1 aliphatic carbocycles. The molecule has 0 aliphatic heterocycles. The van der Waals surface area contributed by atoms with Crippen LogP contribution in [0.4, 0.5) is 0 Å². The summed E-state index contributed by atoms with van der Waals surface area (Å²) in [5.74, 6) is 0.689. The lowest BCUT2D eigenvalue weighted by molar-refractivity contribution is 0.552. The van der Waals surface area contributed by atoms with Crippen molar-refractivity contribution in [3.63, 3.8) is 0 Å². The number of rotatable bonds is 2. The molecule has 0 fully saturated rings. The number of allylic oxidation sites excluding steroid dienone is 4. The molecule has 60 valence electrons. The fourth-order valence-corrected chi connectivity index (χ4v) is 1.77. The molecular weight excluding hydrogens is 132 g/mol. The van der Waals surface area contributed by atoms with Crippen LogP contribution in [0.5, 0.6) is 0 Å². The van der Waals surface area contributed by atoms with Crippen LogP contribution in [-0.4, -0.2) is 0 Å². The van der Waals surface area contributed by atoms with E-state index in [0.29, 0.717) is 5.92 Å². The molecule has 0 amide bonds. The van der Waals surface area contributed by atoms with Crippen molar-refractivity contribution in [2.75, 3.05) is 0 Å². The summed E-state index contributed by atoms with van der Waals surface area (Å²) in [6, 6.07) is 0. The maximum absolute atomic E-state index is 3.83. The molecule has 1 rings (SSSR count). The van der Waals surface area contributed by atoms with Gasteiger partial charge in [0.25, 0.3) is 0 Å². The summed E-state index contributed by atoms with van der Waals surface area (Å²) in [7, 11) is 0. The smallest absolute Gasteiger partial charge is 0.0188 e. The molecule has 0 aromatic carbocycles. The lowest BCUT2D eigenvalue weighted by Gasteiger charge is -2.21. The van der Waals surface area contributed by atoms with Crippen molar-refractivity contribution in [3.8, 4) is 0 Å². The molecule has 0 saturated carbocycles. The third-order valence-electron chi connectivity index (χ3n) is 2.45. The minimum atomic E-state index is 0.689. The van der Waals surface area contributed by atoms with Gasteiger partial charge < -0.3 is 0 Å². The van der Waals surface area contributed by atoms with Gasteiger partial charge in [-0.2, -0.15) is 0 Å². The van der Waals surface area contributed by atoms with Gasteiger partial charge in [-0.15, -0.1) is 0 Å². The van der Waals surface area contributed by atoms with E-state index in [0.717, 1.165) is 0 Å². The van der Waals surface area contributed by atoms with E-state index in [-0.39, 0.29) is 0 Å². The Morgan fingerprint density at radius 2 is 2.09 bits per heavy atom. The highest BCUT2D eigenvalue weighted by Gasteiger charge is 2.14. The molecule has 0 nitrogen and oxygen atoms in total. The van der Waals surface area contributed by atoms with Gasteiger partial charge in [-0.05, 0) is 36.3 Å². The highest BCUT2D eigenvalue weighted by Crippen LogP contribution is 2.30. The molecule has 0 heteroatoms. The third kappa shape index (κ3) is 1.62. The molecule has 11 heavy (non-hydrogen) atoms. The highest BCUT2D eigenvalue weighted by atomic mass is 14.2. The Labute approximate surface area is 69.3 Å². The maximum atomic E-state index is 3.83. The zero-order chi connectivity index (χ0) is 8.27. The van der Waals surface area contributed by atoms with Crippen molar-refractivity contribution in [2.45, 2.75) is 26.2 Å². The van der Waals surface area contributed by atoms with E-state index in [1.807, 2.05) is 12.2 Å². The van der Waals surface area contributed by atoms with Gasteiger partial charge in [0.2, 0.25) is 0 Å². The van der Waals surface area contributed by atoms with Gasteiger partial charge in [0.05, 0.1) is 0 Å². The minimum absolute atomic E-state index is 0.689. The molecule has 0 aromatic rings. The first-order valence-corrected chi connectivity index (χ1v) is 4.27. The van der Waals surface area contributed by atoms with E-state index in [1.54, 1.807) is 0 Å². The summed E-state index contributed by atoms with van der Waals surface area (Å²) in [4.78, 5) is 0. The zero-order valence-corrected chi connectivity index (χ0v) is 7.27. The quantitative estimate of drug-likeness (QED) is 0.562. The van der Waals surface area contributed by atoms with Gasteiger partial charge in [0.1, 0.15) is 0 Å². The van der Waals surface area contributed by atoms with Crippen LogP contribution in [-0.2, 0) is 0 Å². The van der Waals surface area contributed by atoms with Crippen molar-refractivity contribution in [3.05, 3.63) is 36.5 Å². The summed E-state index contributed by atoms with van der Waals surface area (Å²) >= 11 is 0. The Morgan fingerprint density at radius 1 is 1.36 bits per heavy atom.